The Morgan fingerprint density at radius 2 is 2.32 bits per heavy atom. The molecule has 0 atom stereocenters. The smallest absolute Gasteiger partial charge is 0.241 e. The van der Waals surface area contributed by atoms with Crippen molar-refractivity contribution < 1.29 is 12.9 Å². The van der Waals surface area contributed by atoms with Gasteiger partial charge in [-0.25, -0.2) is 13.1 Å². The third-order valence-corrected chi connectivity index (χ3v) is 4.97. The van der Waals surface area contributed by atoms with Crippen molar-refractivity contribution in [3.63, 3.8) is 0 Å². The molecule has 2 aromatic heterocycles. The predicted molar refractivity (Wildman–Crippen MR) is 70.3 cm³/mol. The van der Waals surface area contributed by atoms with Gasteiger partial charge in [0.15, 0.2) is 6.33 Å². The summed E-state index contributed by atoms with van der Waals surface area (Å²) in [5, 5.41) is 8.16. The van der Waals surface area contributed by atoms with Gasteiger partial charge in [0.2, 0.25) is 15.9 Å². The number of aromatic nitrogens is 2. The van der Waals surface area contributed by atoms with E-state index in [1.54, 1.807) is 18.5 Å². The van der Waals surface area contributed by atoms with Crippen LogP contribution in [0.5, 0.6) is 0 Å². The first kappa shape index (κ1) is 14.1. The third-order valence-electron chi connectivity index (χ3n) is 2.37. The van der Waals surface area contributed by atoms with Crippen LogP contribution in [0.4, 0.5) is 0 Å². The van der Waals surface area contributed by atoms with Crippen molar-refractivity contribution >= 4 is 21.4 Å². The zero-order valence-electron chi connectivity index (χ0n) is 10.3. The molecule has 0 fully saturated rings. The molecule has 0 bridgehead atoms. The van der Waals surface area contributed by atoms with Gasteiger partial charge in [-0.3, -0.25) is 0 Å². The Kier molecular flexibility index (Phi) is 4.64. The fourth-order valence-corrected chi connectivity index (χ4v) is 4.02. The fourth-order valence-electron chi connectivity index (χ4n) is 1.53. The lowest BCUT2D eigenvalue weighted by molar-refractivity contribution is 0.377. The van der Waals surface area contributed by atoms with E-state index in [2.05, 4.69) is 20.2 Å². The maximum atomic E-state index is 12.1. The number of nitrogens with zero attached hydrogens (tertiary/aromatic N) is 2. The van der Waals surface area contributed by atoms with E-state index in [0.29, 0.717) is 23.8 Å². The average Bonchev–Trinajstić information content (AvgIpc) is 3.00. The van der Waals surface area contributed by atoms with Crippen LogP contribution in [0.25, 0.3) is 0 Å². The lowest BCUT2D eigenvalue weighted by Gasteiger charge is -2.06. The highest BCUT2D eigenvalue weighted by Crippen LogP contribution is 2.21. The van der Waals surface area contributed by atoms with Gasteiger partial charge in [-0.15, -0.1) is 11.3 Å². The summed E-state index contributed by atoms with van der Waals surface area (Å²) in [5.74, 6) is 0.406. The SMILES string of the molecule is CNCc1sccc1S(=O)(=O)NCCc1ncno1. The van der Waals surface area contributed by atoms with Gasteiger partial charge in [-0.05, 0) is 18.5 Å². The Balaban J connectivity index is 1.99. The monoisotopic (exact) mass is 302 g/mol. The summed E-state index contributed by atoms with van der Waals surface area (Å²) >= 11 is 1.41. The first-order valence-corrected chi connectivity index (χ1v) is 7.96. The Labute approximate surface area is 115 Å². The quantitative estimate of drug-likeness (QED) is 0.767. The van der Waals surface area contributed by atoms with Crippen LogP contribution in [0.2, 0.25) is 0 Å². The minimum Gasteiger partial charge on any atom is -0.340 e. The fraction of sp³-hybridized carbons (Fsp3) is 0.400. The van der Waals surface area contributed by atoms with Crippen LogP contribution in [-0.2, 0) is 23.0 Å². The summed E-state index contributed by atoms with van der Waals surface area (Å²) in [5.41, 5.74) is 0. The molecule has 0 saturated heterocycles. The Hall–Kier alpha value is -1.29. The lowest BCUT2D eigenvalue weighted by atomic mass is 10.4. The largest absolute Gasteiger partial charge is 0.340 e. The van der Waals surface area contributed by atoms with Crippen LogP contribution < -0.4 is 10.0 Å². The normalized spacial score (nSPS) is 11.8. The molecule has 0 amide bonds. The molecule has 2 aromatic rings. The number of sulfonamides is 1. The number of thiophene rings is 1. The maximum Gasteiger partial charge on any atom is 0.241 e. The van der Waals surface area contributed by atoms with Crippen molar-refractivity contribution in [1.29, 1.82) is 0 Å². The Morgan fingerprint density at radius 3 is 3.00 bits per heavy atom. The van der Waals surface area contributed by atoms with Crippen LogP contribution in [0.3, 0.4) is 0 Å². The molecule has 2 rings (SSSR count). The van der Waals surface area contributed by atoms with E-state index in [4.69, 9.17) is 4.52 Å². The summed E-state index contributed by atoms with van der Waals surface area (Å²) < 4.78 is 31.6. The van der Waals surface area contributed by atoms with Crippen molar-refractivity contribution in [2.24, 2.45) is 0 Å². The van der Waals surface area contributed by atoms with Crippen LogP contribution >= 0.6 is 11.3 Å². The third kappa shape index (κ3) is 3.60. The van der Waals surface area contributed by atoms with Gasteiger partial charge in [0.05, 0.1) is 4.90 Å². The van der Waals surface area contributed by atoms with Crippen molar-refractivity contribution in [3.05, 3.63) is 28.5 Å². The molecule has 0 spiro atoms. The molecule has 0 unspecified atom stereocenters. The Bertz CT molecular complexity index is 607. The van der Waals surface area contributed by atoms with Gasteiger partial charge >= 0.3 is 0 Å². The van der Waals surface area contributed by atoms with Crippen LogP contribution in [0, 0.1) is 0 Å². The molecule has 0 aliphatic heterocycles. The molecule has 0 aromatic carbocycles. The first-order valence-electron chi connectivity index (χ1n) is 5.59. The topological polar surface area (TPSA) is 97.1 Å². The highest BCUT2D eigenvalue weighted by Gasteiger charge is 2.19. The van der Waals surface area contributed by atoms with Crippen molar-refractivity contribution in [1.82, 2.24) is 20.2 Å². The van der Waals surface area contributed by atoms with Gasteiger partial charge in [0, 0.05) is 24.4 Å². The molecule has 104 valence electrons. The zero-order chi connectivity index (χ0) is 13.7. The molecule has 0 saturated carbocycles. The molecule has 2 heterocycles. The van der Waals surface area contributed by atoms with Gasteiger partial charge in [-0.2, -0.15) is 4.98 Å². The van der Waals surface area contributed by atoms with E-state index >= 15 is 0 Å². The summed E-state index contributed by atoms with van der Waals surface area (Å²) in [6.07, 6.45) is 1.65. The average molecular weight is 302 g/mol. The molecular weight excluding hydrogens is 288 g/mol. The molecule has 0 aliphatic carbocycles. The summed E-state index contributed by atoms with van der Waals surface area (Å²) in [6.45, 7) is 0.747. The molecule has 19 heavy (non-hydrogen) atoms. The number of hydrogen-bond acceptors (Lipinski definition) is 7. The number of nitrogens with one attached hydrogen (secondary N) is 2. The van der Waals surface area contributed by atoms with E-state index in [9.17, 15) is 8.42 Å². The molecule has 7 nitrogen and oxygen atoms in total. The second-order valence-electron chi connectivity index (χ2n) is 3.72. The van der Waals surface area contributed by atoms with E-state index < -0.39 is 10.0 Å². The van der Waals surface area contributed by atoms with Crippen molar-refractivity contribution in [2.75, 3.05) is 13.6 Å². The summed E-state index contributed by atoms with van der Waals surface area (Å²) in [4.78, 5) is 4.93. The van der Waals surface area contributed by atoms with E-state index in [-0.39, 0.29) is 6.54 Å². The summed E-state index contributed by atoms with van der Waals surface area (Å²) in [7, 11) is -1.72. The van der Waals surface area contributed by atoms with Gasteiger partial charge in [0.1, 0.15) is 0 Å². The molecule has 0 radical (unpaired) electrons. The Morgan fingerprint density at radius 1 is 1.47 bits per heavy atom. The van der Waals surface area contributed by atoms with E-state index in [0.717, 1.165) is 4.88 Å². The van der Waals surface area contributed by atoms with Crippen LogP contribution in [0.15, 0.2) is 27.2 Å². The maximum absolute atomic E-state index is 12.1. The van der Waals surface area contributed by atoms with Crippen molar-refractivity contribution in [3.8, 4) is 0 Å². The predicted octanol–water partition coefficient (Wildman–Crippen LogP) is 0.371. The minimum atomic E-state index is -3.49. The van der Waals surface area contributed by atoms with Gasteiger partial charge in [0.25, 0.3) is 0 Å². The highest BCUT2D eigenvalue weighted by molar-refractivity contribution is 7.89. The van der Waals surface area contributed by atoms with E-state index in [1.165, 1.54) is 17.7 Å². The molecular formula is C10H14N4O3S2. The van der Waals surface area contributed by atoms with E-state index in [1.807, 2.05) is 0 Å². The molecule has 0 aliphatic rings. The molecule has 2 N–H and O–H groups in total. The summed E-state index contributed by atoms with van der Waals surface area (Å²) in [6, 6.07) is 1.60. The number of rotatable bonds is 7. The van der Waals surface area contributed by atoms with Gasteiger partial charge in [-0.1, -0.05) is 5.16 Å². The minimum absolute atomic E-state index is 0.222. The number of hydrogen-bond donors (Lipinski definition) is 2. The first-order chi connectivity index (χ1) is 9.13. The van der Waals surface area contributed by atoms with Crippen LogP contribution in [0.1, 0.15) is 10.8 Å². The van der Waals surface area contributed by atoms with Gasteiger partial charge < -0.3 is 9.84 Å². The second-order valence-corrected chi connectivity index (χ2v) is 6.46. The molecule has 9 heteroatoms. The zero-order valence-corrected chi connectivity index (χ0v) is 11.9. The van der Waals surface area contributed by atoms with Crippen LogP contribution in [-0.4, -0.2) is 32.2 Å². The highest BCUT2D eigenvalue weighted by atomic mass is 32.2. The second kappa shape index (κ2) is 6.24. The van der Waals surface area contributed by atoms with Crippen molar-refractivity contribution in [2.45, 2.75) is 17.9 Å². The lowest BCUT2D eigenvalue weighted by Crippen LogP contribution is -2.26. The standard InChI is InChI=1S/C10H14N4O3S2/c1-11-6-8-9(3-5-18-8)19(15,16)14-4-2-10-12-7-13-17-10/h3,5,7,11,14H,2,4,6H2,1H3.